The molecule has 0 N–H and O–H groups in total. The Balaban J connectivity index is 1.22. The molecule has 0 saturated heterocycles. The molecule has 0 aliphatic rings. The highest BCUT2D eigenvalue weighted by Crippen LogP contribution is 2.55. The van der Waals surface area contributed by atoms with E-state index in [4.69, 9.17) is 28.3 Å². The van der Waals surface area contributed by atoms with Crippen molar-refractivity contribution < 1.29 is 46.6 Å². The molecular weight excluding hydrogens is 829 g/mol. The van der Waals surface area contributed by atoms with Crippen molar-refractivity contribution >= 4 is 65.5 Å². The first-order chi connectivity index (χ1) is 47.4. The summed E-state index contributed by atoms with van der Waals surface area (Å²) in [6.45, 7) is 0. The van der Waals surface area contributed by atoms with Crippen LogP contribution < -0.4 is 0 Å². The maximum absolute atomic E-state index is 10.1. The van der Waals surface area contributed by atoms with Crippen LogP contribution in [-0.4, -0.2) is 9.97 Å². The standard InChI is InChI=1S/C64H40N2S/c1-4-17-42(18-5-1)57-52-26-12-14-28-54(52)60(55-29-15-13-27-53(55)57)64-59(44-21-8-3-9-22-44)58(43-19-6-2-7-20-43)63(67-64)47-34-30-41(31-35-47)48-37-38-51(50-25-11-10-24-49(48)50)56-39-36-46-33-32-45-23-16-40-65-61(45)62(46)66-56/h1-40H/i1D,2D,3D,4D,5D,6D,7D,8D,9D,12D,13D,14D,15D,16D,17D,18D,19D,20D,21D,22D,23D,26D,27D,28D,29D,30D,31D,32D,33D,34D,35D,36D,39D,40D. The number of nitrogens with zero attached hydrogens (tertiary/aromatic N) is 2. The molecule has 312 valence electrons. The molecule has 10 aromatic carbocycles. The molecule has 3 heterocycles. The average molecular weight is 903 g/mol. The lowest BCUT2D eigenvalue weighted by molar-refractivity contribution is 1.37. The Bertz CT molecular complexity index is 5890. The lowest BCUT2D eigenvalue weighted by Crippen LogP contribution is -1.91. The Hall–Kier alpha value is -8.50. The highest BCUT2D eigenvalue weighted by atomic mass is 32.1. The molecule has 0 aliphatic heterocycles. The molecule has 0 aliphatic carbocycles. The molecule has 2 nitrogen and oxygen atoms in total. The molecule has 0 spiro atoms. The van der Waals surface area contributed by atoms with Gasteiger partial charge >= 0.3 is 0 Å². The summed E-state index contributed by atoms with van der Waals surface area (Å²) >= 11 is 0.260. The minimum atomic E-state index is -1.11. The van der Waals surface area contributed by atoms with E-state index in [9.17, 15) is 23.3 Å². The number of thiophene rings is 1. The highest BCUT2D eigenvalue weighted by Gasteiger charge is 2.27. The summed E-state index contributed by atoms with van der Waals surface area (Å²) in [5, 5.41) is -3.46. The second kappa shape index (κ2) is 16.2. The van der Waals surface area contributed by atoms with Crippen LogP contribution in [0.15, 0.2) is 242 Å². The monoisotopic (exact) mass is 903 g/mol. The second-order valence-corrected chi connectivity index (χ2v) is 15.6. The predicted molar refractivity (Wildman–Crippen MR) is 285 cm³/mol. The van der Waals surface area contributed by atoms with Crippen LogP contribution in [0.4, 0.5) is 0 Å². The van der Waals surface area contributed by atoms with Gasteiger partial charge in [0.1, 0.15) is 0 Å². The Labute approximate surface area is 440 Å². The molecule has 13 rings (SSSR count). The van der Waals surface area contributed by atoms with Crippen LogP contribution in [0.1, 0.15) is 46.6 Å². The smallest absolute Gasteiger partial charge is 0.0972 e. The Morgan fingerprint density at radius 2 is 0.806 bits per heavy atom. The van der Waals surface area contributed by atoms with Gasteiger partial charge in [-0.3, -0.25) is 4.98 Å². The quantitative estimate of drug-likeness (QED) is 0.118. The fourth-order valence-electron chi connectivity index (χ4n) is 8.21. The van der Waals surface area contributed by atoms with Gasteiger partial charge < -0.3 is 0 Å². The van der Waals surface area contributed by atoms with Crippen LogP contribution in [0.3, 0.4) is 0 Å². The molecule has 13 aromatic rings. The maximum Gasteiger partial charge on any atom is 0.0972 e. The van der Waals surface area contributed by atoms with Crippen molar-refractivity contribution in [3.63, 3.8) is 0 Å². The van der Waals surface area contributed by atoms with Crippen molar-refractivity contribution in [2.75, 3.05) is 0 Å². The summed E-state index contributed by atoms with van der Waals surface area (Å²) in [5.41, 5.74) is -7.75. The number of pyridine rings is 2. The number of hydrogen-bond donors (Lipinski definition) is 0. The zero-order chi connectivity index (χ0) is 73.9. The summed E-state index contributed by atoms with van der Waals surface area (Å²) in [5.74, 6) is 0. The van der Waals surface area contributed by atoms with Crippen molar-refractivity contribution in [3.8, 4) is 76.6 Å². The molecule has 0 atom stereocenters. The Morgan fingerprint density at radius 1 is 0.328 bits per heavy atom. The van der Waals surface area contributed by atoms with Crippen molar-refractivity contribution in [1.82, 2.24) is 9.97 Å². The summed E-state index contributed by atoms with van der Waals surface area (Å²) in [4.78, 5) is 7.45. The van der Waals surface area contributed by atoms with Crippen LogP contribution in [0.5, 0.6) is 0 Å². The van der Waals surface area contributed by atoms with Crippen LogP contribution in [0.25, 0.3) is 131 Å². The molecular formula is C64H40N2S. The maximum atomic E-state index is 10.1. The normalized spacial score (nSPS) is 18.7. The molecule has 0 bridgehead atoms. The van der Waals surface area contributed by atoms with Gasteiger partial charge in [-0.1, -0.05) is 224 Å². The van der Waals surface area contributed by atoms with Gasteiger partial charge in [0, 0.05) is 49.0 Å². The van der Waals surface area contributed by atoms with E-state index in [1.165, 1.54) is 24.3 Å². The van der Waals surface area contributed by atoms with Crippen molar-refractivity contribution in [2.45, 2.75) is 0 Å². The van der Waals surface area contributed by atoms with Gasteiger partial charge in [0.25, 0.3) is 0 Å². The first-order valence-corrected chi connectivity index (χ1v) is 20.9. The molecule has 3 aromatic heterocycles. The van der Waals surface area contributed by atoms with E-state index in [2.05, 4.69) is 4.98 Å². The fraction of sp³-hybridized carbons (Fsp3) is 0. The Kier molecular flexibility index (Phi) is 4.28. The van der Waals surface area contributed by atoms with E-state index in [1.807, 2.05) is 0 Å². The Morgan fingerprint density at radius 3 is 1.42 bits per heavy atom. The number of aromatic nitrogens is 2. The average Bonchev–Trinajstić information content (AvgIpc) is 1.68. The number of benzene rings is 10. The van der Waals surface area contributed by atoms with Crippen LogP contribution in [0, 0.1) is 0 Å². The zero-order valence-corrected chi connectivity index (χ0v) is 34.6. The molecule has 3 heteroatoms. The lowest BCUT2D eigenvalue weighted by Gasteiger charge is -2.18. The third-order valence-electron chi connectivity index (χ3n) is 11.0. The third-order valence-corrected chi connectivity index (χ3v) is 12.2. The van der Waals surface area contributed by atoms with E-state index in [0.717, 1.165) is 0 Å². The minimum Gasteiger partial charge on any atom is -0.254 e. The topological polar surface area (TPSA) is 25.8 Å². The lowest BCUT2D eigenvalue weighted by atomic mass is 9.85. The van der Waals surface area contributed by atoms with Gasteiger partial charge in [-0.2, -0.15) is 0 Å². The summed E-state index contributed by atoms with van der Waals surface area (Å²) in [6.07, 6.45) is -0.674. The van der Waals surface area contributed by atoms with E-state index >= 15 is 0 Å². The summed E-state index contributed by atoms with van der Waals surface area (Å²) in [7, 11) is 0. The first-order valence-electron chi connectivity index (χ1n) is 37.0. The fourth-order valence-corrected chi connectivity index (χ4v) is 9.54. The second-order valence-electron chi connectivity index (χ2n) is 14.6. The van der Waals surface area contributed by atoms with Crippen molar-refractivity contribution in [3.05, 3.63) is 242 Å². The van der Waals surface area contributed by atoms with Crippen LogP contribution >= 0.6 is 11.3 Å². The zero-order valence-electron chi connectivity index (χ0n) is 67.8. The molecule has 0 fully saturated rings. The minimum absolute atomic E-state index is 0.0376. The summed E-state index contributed by atoms with van der Waals surface area (Å²) < 4.78 is 313. The largest absolute Gasteiger partial charge is 0.254 e. The van der Waals surface area contributed by atoms with Gasteiger partial charge in [-0.25, -0.2) is 4.98 Å². The molecule has 0 saturated carbocycles. The van der Waals surface area contributed by atoms with E-state index in [0.29, 0.717) is 0 Å². The predicted octanol–water partition coefficient (Wildman–Crippen LogP) is 18.0. The SMILES string of the molecule is [2H]c1nc2c(c([2H])c1[2H])c([2H])c([2H])c1c([2H])c([2H])c(-c3ccc(-c4c([2H])c([2H])c(-c5sc(-c6c7c([2H])c([2H])c([2H])c([2H])c7c(-c7c([2H])c([2H])c([2H])c([2H])c7[2H])c7c([2H])c([2H])c([2H])c([2H])c67)c(-c6c([2H])c([2H])c([2H])c([2H])c6[2H])c5-c5c([2H])c([2H])c([2H])c([2H])c5[2H])c([2H])c4[2H])c4ccccc34)nc12. The van der Waals surface area contributed by atoms with E-state index in [-0.39, 0.29) is 60.7 Å². The van der Waals surface area contributed by atoms with Gasteiger partial charge in [-0.15, -0.1) is 11.3 Å². The number of fused-ring (bicyclic) bond motifs is 6. The molecule has 0 amide bonds. The van der Waals surface area contributed by atoms with Gasteiger partial charge in [0.05, 0.1) is 63.3 Å². The number of hydrogen-bond acceptors (Lipinski definition) is 3. The van der Waals surface area contributed by atoms with Crippen LogP contribution in [0.2, 0.25) is 0 Å². The first kappa shape index (κ1) is 17.7. The van der Waals surface area contributed by atoms with Crippen molar-refractivity contribution in [1.29, 1.82) is 0 Å². The van der Waals surface area contributed by atoms with Crippen LogP contribution in [-0.2, 0) is 0 Å². The third kappa shape index (κ3) is 6.55. The van der Waals surface area contributed by atoms with E-state index in [1.54, 1.807) is 12.1 Å². The van der Waals surface area contributed by atoms with Gasteiger partial charge in [0.2, 0.25) is 0 Å². The molecule has 67 heavy (non-hydrogen) atoms. The number of rotatable bonds is 7. The highest BCUT2D eigenvalue weighted by molar-refractivity contribution is 7.20. The summed E-state index contributed by atoms with van der Waals surface area (Å²) in [6, 6.07) is -22.6. The van der Waals surface area contributed by atoms with Gasteiger partial charge in [0.15, 0.2) is 0 Å². The van der Waals surface area contributed by atoms with Gasteiger partial charge in [-0.05, 0) is 83.3 Å². The molecule has 0 radical (unpaired) electrons. The van der Waals surface area contributed by atoms with Crippen molar-refractivity contribution in [2.24, 2.45) is 0 Å². The van der Waals surface area contributed by atoms with E-state index < -0.39 is 287 Å². The molecule has 0 unspecified atom stereocenters.